The van der Waals surface area contributed by atoms with E-state index in [1.165, 1.54) is 11.3 Å². The fourth-order valence-electron chi connectivity index (χ4n) is 3.29. The van der Waals surface area contributed by atoms with Crippen molar-refractivity contribution in [1.82, 2.24) is 24.9 Å². The van der Waals surface area contributed by atoms with E-state index in [9.17, 15) is 4.79 Å². The van der Waals surface area contributed by atoms with Gasteiger partial charge in [0.2, 0.25) is 0 Å². The summed E-state index contributed by atoms with van der Waals surface area (Å²) in [6.45, 7) is 3.22. The Hall–Kier alpha value is -2.74. The summed E-state index contributed by atoms with van der Waals surface area (Å²) in [5.74, 6) is 0.0266. The van der Waals surface area contributed by atoms with Crippen molar-refractivity contribution < 1.29 is 4.79 Å². The Morgan fingerprint density at radius 1 is 1.23 bits per heavy atom. The molecule has 1 fully saturated rings. The molecule has 0 atom stereocenters. The molecule has 3 aromatic rings. The highest BCUT2D eigenvalue weighted by molar-refractivity contribution is 7.17. The average molecular weight is 368 g/mol. The predicted molar refractivity (Wildman–Crippen MR) is 101 cm³/mol. The number of aromatic nitrogens is 4. The van der Waals surface area contributed by atoms with Crippen LogP contribution in [-0.4, -0.2) is 43.9 Å². The zero-order valence-electron chi connectivity index (χ0n) is 14.5. The molecule has 8 heteroatoms. The Morgan fingerprint density at radius 2 is 1.96 bits per heavy atom. The van der Waals surface area contributed by atoms with Crippen LogP contribution in [0.15, 0.2) is 36.5 Å². The first-order valence-electron chi connectivity index (χ1n) is 8.61. The van der Waals surface area contributed by atoms with E-state index in [0.29, 0.717) is 28.8 Å². The molecule has 0 saturated carbocycles. The van der Waals surface area contributed by atoms with Gasteiger partial charge >= 0.3 is 0 Å². The van der Waals surface area contributed by atoms with E-state index in [1.54, 1.807) is 0 Å². The van der Waals surface area contributed by atoms with Gasteiger partial charge < -0.3 is 10.6 Å². The van der Waals surface area contributed by atoms with Crippen molar-refractivity contribution in [2.45, 2.75) is 25.8 Å². The lowest BCUT2D eigenvalue weighted by Gasteiger charge is -2.31. The molecular formula is C18H20N6OS. The molecule has 4 rings (SSSR count). The highest BCUT2D eigenvalue weighted by atomic mass is 32.1. The third-order valence-corrected chi connectivity index (χ3v) is 5.69. The Morgan fingerprint density at radius 3 is 2.62 bits per heavy atom. The fraction of sp³-hybridized carbons (Fsp3) is 0.333. The van der Waals surface area contributed by atoms with E-state index in [0.717, 1.165) is 24.1 Å². The topological polar surface area (TPSA) is 89.9 Å². The second kappa shape index (κ2) is 6.87. The van der Waals surface area contributed by atoms with Gasteiger partial charge in [0.1, 0.15) is 10.6 Å². The molecule has 1 aromatic carbocycles. The van der Waals surface area contributed by atoms with Gasteiger partial charge in [-0.15, -0.1) is 5.10 Å². The Kier molecular flexibility index (Phi) is 4.42. The number of aryl methyl sites for hydroxylation is 1. The smallest absolute Gasteiger partial charge is 0.265 e. The van der Waals surface area contributed by atoms with Crippen molar-refractivity contribution in [1.29, 1.82) is 0 Å². The SMILES string of the molecule is Cc1nc(N)sc1C(=O)N1CCC(n2cc(-c3ccccc3)nn2)CC1. The number of nitrogen functional groups attached to an aromatic ring is 1. The summed E-state index contributed by atoms with van der Waals surface area (Å²) in [6.07, 6.45) is 3.71. The molecule has 1 aliphatic heterocycles. The molecule has 134 valence electrons. The lowest BCUT2D eigenvalue weighted by molar-refractivity contribution is 0.0693. The number of carbonyl (C=O) groups excluding carboxylic acids is 1. The molecule has 1 amide bonds. The van der Waals surface area contributed by atoms with Crippen molar-refractivity contribution in [3.05, 3.63) is 47.1 Å². The number of hydrogen-bond acceptors (Lipinski definition) is 6. The number of piperidine rings is 1. The lowest BCUT2D eigenvalue weighted by Crippen LogP contribution is -2.39. The highest BCUT2D eigenvalue weighted by Gasteiger charge is 2.27. The van der Waals surface area contributed by atoms with E-state index in [4.69, 9.17) is 5.73 Å². The molecule has 1 saturated heterocycles. The van der Waals surface area contributed by atoms with Crippen LogP contribution in [0.1, 0.15) is 34.2 Å². The number of likely N-dealkylation sites (tertiary alicyclic amines) is 1. The summed E-state index contributed by atoms with van der Waals surface area (Å²) < 4.78 is 1.93. The molecule has 0 aliphatic carbocycles. The van der Waals surface area contributed by atoms with Crippen molar-refractivity contribution in [3.8, 4) is 11.3 Å². The molecule has 2 N–H and O–H groups in total. The first kappa shape index (κ1) is 16.7. The van der Waals surface area contributed by atoms with Crippen LogP contribution in [0.25, 0.3) is 11.3 Å². The van der Waals surface area contributed by atoms with Crippen LogP contribution in [-0.2, 0) is 0 Å². The number of anilines is 1. The summed E-state index contributed by atoms with van der Waals surface area (Å²) in [5.41, 5.74) is 8.36. The number of thiazole rings is 1. The van der Waals surface area contributed by atoms with Crippen LogP contribution in [0.3, 0.4) is 0 Å². The standard InChI is InChI=1S/C18H20N6OS/c1-12-16(26-18(19)20-12)17(25)23-9-7-14(8-10-23)24-11-15(21-22-24)13-5-3-2-4-6-13/h2-6,11,14H,7-10H2,1H3,(H2,19,20). The molecule has 0 spiro atoms. The van der Waals surface area contributed by atoms with Crippen LogP contribution in [0.2, 0.25) is 0 Å². The maximum absolute atomic E-state index is 12.7. The first-order chi connectivity index (χ1) is 12.6. The van der Waals surface area contributed by atoms with Crippen LogP contribution in [0.5, 0.6) is 0 Å². The summed E-state index contributed by atoms with van der Waals surface area (Å²) in [4.78, 5) is 19.3. The Balaban J connectivity index is 1.42. The maximum atomic E-state index is 12.7. The summed E-state index contributed by atoms with van der Waals surface area (Å²) in [7, 11) is 0. The minimum absolute atomic E-state index is 0.0266. The molecular weight excluding hydrogens is 348 g/mol. The van der Waals surface area contributed by atoms with Gasteiger partial charge in [-0.3, -0.25) is 4.79 Å². The molecule has 1 aliphatic rings. The number of nitrogens with zero attached hydrogens (tertiary/aromatic N) is 5. The summed E-state index contributed by atoms with van der Waals surface area (Å²) >= 11 is 1.26. The summed E-state index contributed by atoms with van der Waals surface area (Å²) in [6, 6.07) is 10.3. The van der Waals surface area contributed by atoms with Gasteiger partial charge in [0.05, 0.1) is 17.9 Å². The Labute approximate surface area is 155 Å². The van der Waals surface area contributed by atoms with Gasteiger partial charge in [0.25, 0.3) is 5.91 Å². The fourth-order valence-corrected chi connectivity index (χ4v) is 4.09. The highest BCUT2D eigenvalue weighted by Crippen LogP contribution is 2.27. The number of rotatable bonds is 3. The van der Waals surface area contributed by atoms with Gasteiger partial charge in [-0.05, 0) is 19.8 Å². The van der Waals surface area contributed by atoms with E-state index >= 15 is 0 Å². The van der Waals surface area contributed by atoms with Crippen molar-refractivity contribution in [2.24, 2.45) is 0 Å². The quantitative estimate of drug-likeness (QED) is 0.768. The minimum atomic E-state index is 0.0266. The van der Waals surface area contributed by atoms with Crippen LogP contribution in [0.4, 0.5) is 5.13 Å². The molecule has 7 nitrogen and oxygen atoms in total. The zero-order valence-corrected chi connectivity index (χ0v) is 15.3. The number of nitrogens with two attached hydrogens (primary N) is 1. The molecule has 3 heterocycles. The van der Waals surface area contributed by atoms with Gasteiger partial charge in [-0.25, -0.2) is 9.67 Å². The van der Waals surface area contributed by atoms with Crippen molar-refractivity contribution in [2.75, 3.05) is 18.8 Å². The molecule has 0 bridgehead atoms. The van der Waals surface area contributed by atoms with E-state index in [1.807, 2.05) is 53.0 Å². The van der Waals surface area contributed by atoms with E-state index in [2.05, 4.69) is 15.3 Å². The number of hydrogen-bond donors (Lipinski definition) is 1. The van der Waals surface area contributed by atoms with Crippen LogP contribution < -0.4 is 5.73 Å². The maximum Gasteiger partial charge on any atom is 0.265 e. The lowest BCUT2D eigenvalue weighted by atomic mass is 10.0. The van der Waals surface area contributed by atoms with Crippen molar-refractivity contribution in [3.63, 3.8) is 0 Å². The zero-order chi connectivity index (χ0) is 18.1. The van der Waals surface area contributed by atoms with Crippen LogP contribution >= 0.6 is 11.3 Å². The molecule has 0 radical (unpaired) electrons. The molecule has 2 aromatic heterocycles. The third kappa shape index (κ3) is 3.20. The van der Waals surface area contributed by atoms with E-state index in [-0.39, 0.29) is 11.9 Å². The largest absolute Gasteiger partial charge is 0.375 e. The normalized spacial score (nSPS) is 15.3. The molecule has 0 unspecified atom stereocenters. The Bertz CT molecular complexity index is 911. The number of carbonyl (C=O) groups is 1. The molecule has 26 heavy (non-hydrogen) atoms. The van der Waals surface area contributed by atoms with Crippen molar-refractivity contribution >= 4 is 22.4 Å². The number of amides is 1. The average Bonchev–Trinajstić information content (AvgIpc) is 3.29. The predicted octanol–water partition coefficient (Wildman–Crippen LogP) is 2.77. The second-order valence-electron chi connectivity index (χ2n) is 6.44. The second-order valence-corrected chi connectivity index (χ2v) is 7.47. The van der Waals surface area contributed by atoms with Gasteiger partial charge in [-0.1, -0.05) is 46.9 Å². The first-order valence-corrected chi connectivity index (χ1v) is 9.43. The third-order valence-electron chi connectivity index (χ3n) is 4.71. The monoisotopic (exact) mass is 368 g/mol. The van der Waals surface area contributed by atoms with Crippen LogP contribution in [0, 0.1) is 6.92 Å². The number of benzene rings is 1. The van der Waals surface area contributed by atoms with Gasteiger partial charge in [0.15, 0.2) is 5.13 Å². The van der Waals surface area contributed by atoms with Gasteiger partial charge in [-0.2, -0.15) is 0 Å². The minimum Gasteiger partial charge on any atom is -0.375 e. The van der Waals surface area contributed by atoms with Gasteiger partial charge in [0, 0.05) is 18.7 Å². The van der Waals surface area contributed by atoms with E-state index < -0.39 is 0 Å². The summed E-state index contributed by atoms with van der Waals surface area (Å²) in [5, 5.41) is 9.03.